The van der Waals surface area contributed by atoms with Gasteiger partial charge in [-0.25, -0.2) is 21.8 Å². The van der Waals surface area contributed by atoms with E-state index in [1.807, 2.05) is 35.9 Å². The molecule has 1 unspecified atom stereocenters. The highest BCUT2D eigenvalue weighted by Gasteiger charge is 2.31. The van der Waals surface area contributed by atoms with Crippen molar-refractivity contribution in [1.29, 1.82) is 0 Å². The molecule has 2 aliphatic rings. The summed E-state index contributed by atoms with van der Waals surface area (Å²) in [5, 5.41) is 0. The van der Waals surface area contributed by atoms with E-state index in [2.05, 4.69) is 4.98 Å². The topological polar surface area (TPSA) is 138 Å². The van der Waals surface area contributed by atoms with E-state index in [1.54, 1.807) is 30.3 Å². The minimum Gasteiger partial charge on any atom is -0.488 e. The van der Waals surface area contributed by atoms with Crippen molar-refractivity contribution in [1.82, 2.24) is 9.71 Å². The number of nitrogens with one attached hydrogen (secondary N) is 1. The summed E-state index contributed by atoms with van der Waals surface area (Å²) in [6.45, 7) is 2.46. The summed E-state index contributed by atoms with van der Waals surface area (Å²) < 4.78 is 66.4. The fourth-order valence-electron chi connectivity index (χ4n) is 4.93. The van der Waals surface area contributed by atoms with Crippen LogP contribution in [0.2, 0.25) is 0 Å². The molecule has 3 heterocycles. The third-order valence-corrected chi connectivity index (χ3v) is 9.19. The average Bonchev–Trinajstić information content (AvgIpc) is 3.28. The Balaban J connectivity index is 1.27. The van der Waals surface area contributed by atoms with Crippen LogP contribution >= 0.6 is 0 Å². The van der Waals surface area contributed by atoms with Gasteiger partial charge in [-0.2, -0.15) is 0 Å². The third-order valence-electron chi connectivity index (χ3n) is 6.78. The fourth-order valence-corrected chi connectivity index (χ4v) is 6.93. The highest BCUT2D eigenvalue weighted by Crippen LogP contribution is 2.43. The Labute approximate surface area is 233 Å². The molecule has 1 amide bonds. The molecule has 0 bridgehead atoms. The molecule has 1 N–H and O–H groups in total. The lowest BCUT2D eigenvalue weighted by Crippen LogP contribution is -2.40. The fraction of sp³-hybridized carbons (Fsp3) is 0.357. The lowest BCUT2D eigenvalue weighted by atomic mass is 9.97. The summed E-state index contributed by atoms with van der Waals surface area (Å²) >= 11 is 0. The van der Waals surface area contributed by atoms with Crippen molar-refractivity contribution >= 4 is 25.8 Å². The van der Waals surface area contributed by atoms with Crippen molar-refractivity contribution in [2.75, 3.05) is 31.0 Å². The number of pyridine rings is 1. The van der Waals surface area contributed by atoms with Gasteiger partial charge in [-0.3, -0.25) is 9.52 Å². The molecule has 1 fully saturated rings. The number of aryl methyl sites for hydroxylation is 1. The maximum atomic E-state index is 11.9. The number of fused-ring (bicyclic) bond motifs is 1. The molecular formula is C28H30N2O8S2. The Morgan fingerprint density at radius 2 is 1.85 bits per heavy atom. The maximum absolute atomic E-state index is 11.9. The van der Waals surface area contributed by atoms with Crippen molar-refractivity contribution < 1.29 is 35.8 Å². The van der Waals surface area contributed by atoms with Crippen LogP contribution in [0.3, 0.4) is 0 Å². The van der Waals surface area contributed by atoms with Gasteiger partial charge in [0.05, 0.1) is 18.1 Å². The molecule has 12 heteroatoms. The molecule has 1 saturated heterocycles. The molecule has 0 spiro atoms. The number of carbonyl (C=O) groups is 1. The Morgan fingerprint density at radius 3 is 2.55 bits per heavy atom. The maximum Gasteiger partial charge on any atom is 0.235 e. The Kier molecular flexibility index (Phi) is 7.74. The molecule has 2 aromatic carbocycles. The molecule has 0 saturated carbocycles. The summed E-state index contributed by atoms with van der Waals surface area (Å²) in [7, 11) is -6.64. The van der Waals surface area contributed by atoms with Gasteiger partial charge in [0.1, 0.15) is 27.9 Å². The first-order valence-corrected chi connectivity index (χ1v) is 16.5. The van der Waals surface area contributed by atoms with Crippen molar-refractivity contribution in [3.05, 3.63) is 71.4 Å². The second-order valence-corrected chi connectivity index (χ2v) is 14.1. The van der Waals surface area contributed by atoms with E-state index < -0.39 is 31.7 Å². The molecule has 5 rings (SSSR count). The standard InChI is InChI=1S/C28H30N2O8S2/c1-18-22(11-12-27(29-18)36-13-4-14-39(2,32)33)23-5-3-6-24-25(16-37-28(23)24)38-21-9-7-19(8-10-21)20-15-26(31)30-40(34,35)17-20/h3,5-12,20,25H,4,13-17H2,1-2H3,(H,30,31)/t20?,25-/m1/s1. The number of hydrogen-bond acceptors (Lipinski definition) is 9. The van der Waals surface area contributed by atoms with E-state index in [0.717, 1.165) is 27.9 Å². The molecular weight excluding hydrogens is 556 g/mol. The monoisotopic (exact) mass is 586 g/mol. The highest BCUT2D eigenvalue weighted by atomic mass is 32.2. The number of hydrogen-bond donors (Lipinski definition) is 1. The number of benzene rings is 2. The van der Waals surface area contributed by atoms with Gasteiger partial charge in [-0.1, -0.05) is 30.3 Å². The molecule has 3 aromatic rings. The van der Waals surface area contributed by atoms with Crippen molar-refractivity contribution in [2.45, 2.75) is 31.8 Å². The highest BCUT2D eigenvalue weighted by molar-refractivity contribution is 7.90. The molecule has 40 heavy (non-hydrogen) atoms. The van der Waals surface area contributed by atoms with Crippen LogP contribution in [-0.2, 0) is 24.7 Å². The second kappa shape index (κ2) is 11.1. The van der Waals surface area contributed by atoms with Crippen LogP contribution < -0.4 is 18.9 Å². The Morgan fingerprint density at radius 1 is 1.07 bits per heavy atom. The van der Waals surface area contributed by atoms with E-state index in [0.29, 0.717) is 30.4 Å². The van der Waals surface area contributed by atoms with E-state index in [9.17, 15) is 21.6 Å². The van der Waals surface area contributed by atoms with E-state index >= 15 is 0 Å². The zero-order valence-electron chi connectivity index (χ0n) is 22.1. The van der Waals surface area contributed by atoms with E-state index in [4.69, 9.17) is 14.2 Å². The smallest absolute Gasteiger partial charge is 0.235 e. The number of para-hydroxylation sites is 1. The van der Waals surface area contributed by atoms with Crippen molar-refractivity contribution in [3.8, 4) is 28.5 Å². The predicted molar refractivity (Wildman–Crippen MR) is 149 cm³/mol. The minimum absolute atomic E-state index is 0.0640. The van der Waals surface area contributed by atoms with Gasteiger partial charge >= 0.3 is 0 Å². The van der Waals surface area contributed by atoms with Crippen LogP contribution in [0.25, 0.3) is 11.1 Å². The summed E-state index contributed by atoms with van der Waals surface area (Å²) in [4.78, 5) is 16.3. The van der Waals surface area contributed by atoms with Gasteiger partial charge in [0.2, 0.25) is 21.8 Å². The van der Waals surface area contributed by atoms with Gasteiger partial charge in [0.25, 0.3) is 0 Å². The number of amides is 1. The minimum atomic E-state index is -3.61. The lowest BCUT2D eigenvalue weighted by Gasteiger charge is -2.22. The quantitative estimate of drug-likeness (QED) is 0.374. The first-order valence-electron chi connectivity index (χ1n) is 12.8. The number of sulfone groups is 1. The number of aromatic nitrogens is 1. The number of ether oxygens (including phenoxy) is 3. The summed E-state index contributed by atoms with van der Waals surface area (Å²) in [5.41, 5.74) is 4.18. The predicted octanol–water partition coefficient (Wildman–Crippen LogP) is 3.32. The molecule has 2 atom stereocenters. The van der Waals surface area contributed by atoms with Gasteiger partial charge < -0.3 is 14.2 Å². The van der Waals surface area contributed by atoms with E-state index in [-0.39, 0.29) is 30.6 Å². The van der Waals surface area contributed by atoms with Crippen LogP contribution in [0.15, 0.2) is 54.6 Å². The molecule has 0 radical (unpaired) electrons. The van der Waals surface area contributed by atoms with Crippen LogP contribution in [-0.4, -0.2) is 58.7 Å². The number of carbonyl (C=O) groups excluding carboxylic acids is 1. The molecule has 212 valence electrons. The van der Waals surface area contributed by atoms with Crippen molar-refractivity contribution in [3.63, 3.8) is 0 Å². The van der Waals surface area contributed by atoms with Crippen LogP contribution in [0.4, 0.5) is 0 Å². The summed E-state index contributed by atoms with van der Waals surface area (Å²) in [5.74, 6) is 0.795. The largest absolute Gasteiger partial charge is 0.488 e. The molecule has 10 nitrogen and oxygen atoms in total. The second-order valence-electron chi connectivity index (χ2n) is 10.0. The van der Waals surface area contributed by atoms with Gasteiger partial charge in [-0.05, 0) is 37.1 Å². The molecule has 2 aliphatic heterocycles. The molecule has 1 aromatic heterocycles. The van der Waals surface area contributed by atoms with Crippen LogP contribution in [0, 0.1) is 6.92 Å². The van der Waals surface area contributed by atoms with Crippen molar-refractivity contribution in [2.24, 2.45) is 0 Å². The summed E-state index contributed by atoms with van der Waals surface area (Å²) in [6, 6.07) is 16.7. The molecule has 0 aliphatic carbocycles. The normalized spacial score (nSPS) is 19.8. The Bertz CT molecular complexity index is 1640. The Hall–Kier alpha value is -3.64. The van der Waals surface area contributed by atoms with Crippen LogP contribution in [0.1, 0.15) is 41.7 Å². The zero-order chi connectivity index (χ0) is 28.5. The van der Waals surface area contributed by atoms with Gasteiger partial charge in [0, 0.05) is 47.0 Å². The summed E-state index contributed by atoms with van der Waals surface area (Å²) in [6.07, 6.45) is 1.38. The zero-order valence-corrected chi connectivity index (χ0v) is 23.8. The van der Waals surface area contributed by atoms with Gasteiger partial charge in [0.15, 0.2) is 6.10 Å². The first kappa shape index (κ1) is 27.9. The lowest BCUT2D eigenvalue weighted by molar-refractivity contribution is -0.119. The average molecular weight is 587 g/mol. The number of nitrogens with zero attached hydrogens (tertiary/aromatic N) is 1. The van der Waals surface area contributed by atoms with Crippen LogP contribution in [0.5, 0.6) is 17.4 Å². The van der Waals surface area contributed by atoms with Gasteiger partial charge in [-0.15, -0.1) is 0 Å². The number of sulfonamides is 1. The third kappa shape index (κ3) is 6.56. The van der Waals surface area contributed by atoms with E-state index in [1.165, 1.54) is 6.26 Å². The first-order chi connectivity index (χ1) is 19.0. The SMILES string of the molecule is Cc1nc(OCCCS(C)(=O)=O)ccc1-c1cccc2c1OC[C@H]2Oc1ccc(C2CC(=O)NS(=O)(=O)C2)cc1. The number of rotatable bonds is 9.